The number of nitrogen functional groups attached to an aromatic ring is 1. The molecule has 2 heterocycles. The normalized spacial score (nSPS) is 10.7. The van der Waals surface area contributed by atoms with Gasteiger partial charge in [0.2, 0.25) is 5.82 Å². The molecule has 2 N–H and O–H groups in total. The van der Waals surface area contributed by atoms with Crippen molar-refractivity contribution in [1.82, 2.24) is 15.1 Å². The summed E-state index contributed by atoms with van der Waals surface area (Å²) < 4.78 is 6.94. The van der Waals surface area contributed by atoms with Crippen LogP contribution in [0.1, 0.15) is 0 Å². The first-order valence-electron chi connectivity index (χ1n) is 5.65. The summed E-state index contributed by atoms with van der Waals surface area (Å²) in [5.41, 5.74) is 7.87. The lowest BCUT2D eigenvalue weighted by atomic mass is 10.2. The number of aromatic nitrogens is 3. The van der Waals surface area contributed by atoms with E-state index in [9.17, 15) is 0 Å². The summed E-state index contributed by atoms with van der Waals surface area (Å²) in [7, 11) is 0. The van der Waals surface area contributed by atoms with Crippen LogP contribution in [0.25, 0.3) is 23.0 Å². The number of nitrogens with two attached hydrogens (primary N) is 1. The highest BCUT2D eigenvalue weighted by atomic mass is 79.9. The van der Waals surface area contributed by atoms with E-state index in [0.29, 0.717) is 28.7 Å². The average molecular weight is 396 g/mol. The van der Waals surface area contributed by atoms with Crippen LogP contribution < -0.4 is 5.73 Å². The van der Waals surface area contributed by atoms with Crippen LogP contribution in [0.4, 0.5) is 5.69 Å². The van der Waals surface area contributed by atoms with Gasteiger partial charge in [-0.25, -0.2) is 0 Å². The molecule has 0 saturated heterocycles. The van der Waals surface area contributed by atoms with Crippen molar-refractivity contribution in [3.63, 3.8) is 0 Å². The Labute approximate surface area is 131 Å². The van der Waals surface area contributed by atoms with Crippen molar-refractivity contribution in [2.75, 3.05) is 5.73 Å². The van der Waals surface area contributed by atoms with Gasteiger partial charge in [-0.15, -0.1) is 0 Å². The molecule has 0 bridgehead atoms. The number of hydrogen-bond donors (Lipinski definition) is 1. The molecule has 0 atom stereocenters. The second-order valence-corrected chi connectivity index (χ2v) is 5.76. The third-order valence-electron chi connectivity index (χ3n) is 2.67. The highest BCUT2D eigenvalue weighted by Crippen LogP contribution is 2.31. The van der Waals surface area contributed by atoms with Gasteiger partial charge in [-0.2, -0.15) is 4.98 Å². The van der Waals surface area contributed by atoms with Crippen LogP contribution >= 0.6 is 31.9 Å². The number of hydrogen-bond acceptors (Lipinski definition) is 5. The number of pyridine rings is 1. The highest BCUT2D eigenvalue weighted by molar-refractivity contribution is 9.10. The topological polar surface area (TPSA) is 77.8 Å². The molecule has 7 heteroatoms. The smallest absolute Gasteiger partial charge is 0.260 e. The monoisotopic (exact) mass is 394 g/mol. The number of halogens is 2. The number of para-hydroxylation sites is 1. The Kier molecular flexibility index (Phi) is 3.54. The van der Waals surface area contributed by atoms with Crippen LogP contribution in [0.3, 0.4) is 0 Å². The molecule has 3 rings (SSSR count). The SMILES string of the molecule is Nc1c(Br)cccc1-c1nc(-c2ccc(Br)cn2)no1. The Morgan fingerprint density at radius 3 is 2.70 bits per heavy atom. The van der Waals surface area contributed by atoms with E-state index < -0.39 is 0 Å². The number of anilines is 1. The van der Waals surface area contributed by atoms with Crippen molar-refractivity contribution in [3.05, 3.63) is 45.5 Å². The average Bonchev–Trinajstić information content (AvgIpc) is 2.92. The molecule has 0 saturated carbocycles. The van der Waals surface area contributed by atoms with Crippen molar-refractivity contribution in [2.45, 2.75) is 0 Å². The first kappa shape index (κ1) is 13.3. The minimum absolute atomic E-state index is 0.364. The Hall–Kier alpha value is -1.73. The molecule has 0 unspecified atom stereocenters. The van der Waals surface area contributed by atoms with E-state index >= 15 is 0 Å². The minimum atomic E-state index is 0.364. The van der Waals surface area contributed by atoms with Crippen molar-refractivity contribution in [1.29, 1.82) is 0 Å². The molecule has 0 amide bonds. The van der Waals surface area contributed by atoms with Gasteiger partial charge in [0.15, 0.2) is 0 Å². The molecule has 0 aliphatic rings. The zero-order valence-electron chi connectivity index (χ0n) is 10.0. The van der Waals surface area contributed by atoms with Gasteiger partial charge in [-0.3, -0.25) is 4.98 Å². The minimum Gasteiger partial charge on any atom is -0.397 e. The van der Waals surface area contributed by atoms with Gasteiger partial charge in [0, 0.05) is 15.1 Å². The van der Waals surface area contributed by atoms with Crippen LogP contribution in [0.2, 0.25) is 0 Å². The lowest BCUT2D eigenvalue weighted by Gasteiger charge is -2.01. The van der Waals surface area contributed by atoms with Gasteiger partial charge >= 0.3 is 0 Å². The quantitative estimate of drug-likeness (QED) is 0.665. The van der Waals surface area contributed by atoms with Crippen LogP contribution in [-0.4, -0.2) is 15.1 Å². The van der Waals surface area contributed by atoms with E-state index in [0.717, 1.165) is 8.95 Å². The van der Waals surface area contributed by atoms with Gasteiger partial charge < -0.3 is 10.3 Å². The Morgan fingerprint density at radius 2 is 1.95 bits per heavy atom. The molecule has 20 heavy (non-hydrogen) atoms. The summed E-state index contributed by atoms with van der Waals surface area (Å²) in [6.07, 6.45) is 1.68. The zero-order chi connectivity index (χ0) is 14.1. The van der Waals surface area contributed by atoms with Gasteiger partial charge in [0.05, 0.1) is 11.3 Å². The van der Waals surface area contributed by atoms with E-state index in [1.54, 1.807) is 6.20 Å². The van der Waals surface area contributed by atoms with Gasteiger partial charge in [-0.05, 0) is 56.1 Å². The Balaban J connectivity index is 2.02. The van der Waals surface area contributed by atoms with Crippen LogP contribution in [0.15, 0.2) is 50.0 Å². The van der Waals surface area contributed by atoms with Crippen molar-refractivity contribution in [2.24, 2.45) is 0 Å². The van der Waals surface area contributed by atoms with Gasteiger partial charge in [0.1, 0.15) is 5.69 Å². The van der Waals surface area contributed by atoms with E-state index in [4.69, 9.17) is 10.3 Å². The third kappa shape index (κ3) is 2.46. The van der Waals surface area contributed by atoms with Crippen LogP contribution in [-0.2, 0) is 0 Å². The molecular formula is C13H8Br2N4O. The fraction of sp³-hybridized carbons (Fsp3) is 0. The summed E-state index contributed by atoms with van der Waals surface area (Å²) in [5.74, 6) is 0.787. The Bertz CT molecular complexity index is 755. The fourth-order valence-corrected chi connectivity index (χ4v) is 2.27. The van der Waals surface area contributed by atoms with Crippen molar-refractivity contribution in [3.8, 4) is 23.0 Å². The Morgan fingerprint density at radius 1 is 1.10 bits per heavy atom. The largest absolute Gasteiger partial charge is 0.397 e. The molecule has 3 aromatic rings. The summed E-state index contributed by atoms with van der Waals surface area (Å²) in [6.45, 7) is 0. The van der Waals surface area contributed by atoms with Crippen LogP contribution in [0, 0.1) is 0 Å². The van der Waals surface area contributed by atoms with E-state index in [2.05, 4.69) is 47.0 Å². The van der Waals surface area contributed by atoms with E-state index in [1.165, 1.54) is 0 Å². The first-order chi connectivity index (χ1) is 9.65. The third-order valence-corrected chi connectivity index (χ3v) is 3.83. The van der Waals surface area contributed by atoms with Gasteiger partial charge in [0.25, 0.3) is 5.89 Å². The summed E-state index contributed by atoms with van der Waals surface area (Å²) in [5, 5.41) is 3.93. The number of benzene rings is 1. The molecule has 0 radical (unpaired) electrons. The van der Waals surface area contributed by atoms with Crippen LogP contribution in [0.5, 0.6) is 0 Å². The van der Waals surface area contributed by atoms with Crippen molar-refractivity contribution >= 4 is 37.5 Å². The molecule has 0 spiro atoms. The van der Waals surface area contributed by atoms with Crippen molar-refractivity contribution < 1.29 is 4.52 Å². The molecule has 1 aromatic carbocycles. The van der Waals surface area contributed by atoms with E-state index in [1.807, 2.05) is 30.3 Å². The molecule has 2 aromatic heterocycles. The lowest BCUT2D eigenvalue weighted by molar-refractivity contribution is 0.432. The maximum atomic E-state index is 5.99. The summed E-state index contributed by atoms with van der Waals surface area (Å²) in [6, 6.07) is 9.21. The highest BCUT2D eigenvalue weighted by Gasteiger charge is 2.14. The summed E-state index contributed by atoms with van der Waals surface area (Å²) in [4.78, 5) is 8.55. The standard InChI is InChI=1S/C13H8Br2N4O/c14-7-4-5-10(17-6-7)12-18-13(20-19-12)8-2-1-3-9(15)11(8)16/h1-6H,16H2. The molecule has 100 valence electrons. The van der Waals surface area contributed by atoms with E-state index in [-0.39, 0.29) is 0 Å². The predicted molar refractivity (Wildman–Crippen MR) is 82.8 cm³/mol. The second kappa shape index (κ2) is 5.34. The number of rotatable bonds is 2. The second-order valence-electron chi connectivity index (χ2n) is 3.99. The molecule has 0 aliphatic heterocycles. The molecule has 0 aliphatic carbocycles. The molecular weight excluding hydrogens is 388 g/mol. The fourth-order valence-electron chi connectivity index (χ4n) is 1.67. The first-order valence-corrected chi connectivity index (χ1v) is 7.24. The molecule has 0 fully saturated rings. The zero-order valence-corrected chi connectivity index (χ0v) is 13.2. The number of nitrogens with zero attached hydrogens (tertiary/aromatic N) is 3. The van der Waals surface area contributed by atoms with Gasteiger partial charge in [-0.1, -0.05) is 11.2 Å². The maximum absolute atomic E-state index is 5.99. The molecule has 5 nitrogen and oxygen atoms in total. The lowest BCUT2D eigenvalue weighted by Crippen LogP contribution is -1.91. The summed E-state index contributed by atoms with van der Waals surface area (Å²) >= 11 is 6.70. The predicted octanol–water partition coefficient (Wildman–Crippen LogP) is 3.91. The maximum Gasteiger partial charge on any atom is 0.260 e.